The maximum Gasteiger partial charge on any atom is 0.141 e. The molecule has 70 valence electrons. The molecular weight excluding hydrogens is 190 g/mol. The predicted octanol–water partition coefficient (Wildman–Crippen LogP) is 1.51. The average molecular weight is 199 g/mol. The summed E-state index contributed by atoms with van der Waals surface area (Å²) >= 11 is 5.81. The van der Waals surface area contributed by atoms with Crippen molar-refractivity contribution in [2.45, 2.75) is 6.92 Å². The van der Waals surface area contributed by atoms with E-state index in [1.165, 1.54) is 0 Å². The number of nitrogens with zero attached hydrogens (tertiary/aromatic N) is 1. The molecule has 0 N–H and O–H groups in total. The molecular formula is C9H9ClNO2-. The summed E-state index contributed by atoms with van der Waals surface area (Å²) in [6.45, 7) is 2.05. The first-order valence-corrected chi connectivity index (χ1v) is 4.27. The molecule has 1 rings (SSSR count). The minimum Gasteiger partial charge on any atom is -0.530 e. The first-order chi connectivity index (χ1) is 6.16. The SMILES string of the molecule is CCN(C(=O)[O-])c1ccccc1Cl. The second-order valence-electron chi connectivity index (χ2n) is 2.46. The Morgan fingerprint density at radius 3 is 2.62 bits per heavy atom. The minimum atomic E-state index is -1.24. The number of hydrogen-bond donors (Lipinski definition) is 0. The maximum atomic E-state index is 10.6. The van der Waals surface area contributed by atoms with E-state index < -0.39 is 6.09 Å². The van der Waals surface area contributed by atoms with Crippen LogP contribution in [0, 0.1) is 0 Å². The summed E-state index contributed by atoms with van der Waals surface area (Å²) in [5.41, 5.74) is 0.465. The summed E-state index contributed by atoms with van der Waals surface area (Å²) in [7, 11) is 0. The molecule has 1 aromatic rings. The summed E-state index contributed by atoms with van der Waals surface area (Å²) < 4.78 is 0. The Balaban J connectivity index is 3.04. The number of carboxylic acid groups (broad SMARTS) is 1. The number of para-hydroxylation sites is 1. The molecule has 0 aliphatic rings. The summed E-state index contributed by atoms with van der Waals surface area (Å²) in [6.07, 6.45) is -1.24. The first-order valence-electron chi connectivity index (χ1n) is 3.90. The van der Waals surface area contributed by atoms with Crippen LogP contribution in [0.25, 0.3) is 0 Å². The van der Waals surface area contributed by atoms with Gasteiger partial charge in [0.1, 0.15) is 6.09 Å². The summed E-state index contributed by atoms with van der Waals surface area (Å²) in [6, 6.07) is 6.76. The van der Waals surface area contributed by atoms with Gasteiger partial charge in [0.25, 0.3) is 0 Å². The molecule has 0 aliphatic heterocycles. The second kappa shape index (κ2) is 4.14. The average Bonchev–Trinajstić information content (AvgIpc) is 2.09. The Hall–Kier alpha value is -1.22. The van der Waals surface area contributed by atoms with Gasteiger partial charge in [-0.3, -0.25) is 0 Å². The van der Waals surface area contributed by atoms with Gasteiger partial charge in [0, 0.05) is 6.54 Å². The van der Waals surface area contributed by atoms with Crippen LogP contribution >= 0.6 is 11.6 Å². The lowest BCUT2D eigenvalue weighted by atomic mass is 10.3. The van der Waals surface area contributed by atoms with E-state index in [0.29, 0.717) is 17.3 Å². The number of carbonyl (C=O) groups excluding carboxylic acids is 1. The standard InChI is InChI=1S/C9H10ClNO2/c1-2-11(9(12)13)8-6-4-3-5-7(8)10/h3-6H,2H2,1H3,(H,12,13)/p-1. The van der Waals surface area contributed by atoms with E-state index in [2.05, 4.69) is 0 Å². The van der Waals surface area contributed by atoms with Crippen molar-refractivity contribution in [3.05, 3.63) is 29.3 Å². The van der Waals surface area contributed by atoms with Crippen LogP contribution in [0.4, 0.5) is 10.5 Å². The third-order valence-electron chi connectivity index (χ3n) is 1.68. The van der Waals surface area contributed by atoms with Crippen molar-refractivity contribution in [1.29, 1.82) is 0 Å². The Kier molecular flexibility index (Phi) is 3.14. The third-order valence-corrected chi connectivity index (χ3v) is 2.00. The lowest BCUT2D eigenvalue weighted by Gasteiger charge is -2.24. The molecule has 0 radical (unpaired) electrons. The number of hydrogen-bond acceptors (Lipinski definition) is 2. The zero-order valence-electron chi connectivity index (χ0n) is 7.16. The van der Waals surface area contributed by atoms with Gasteiger partial charge in [-0.15, -0.1) is 0 Å². The molecule has 13 heavy (non-hydrogen) atoms. The smallest absolute Gasteiger partial charge is 0.141 e. The molecule has 3 nitrogen and oxygen atoms in total. The number of anilines is 1. The fourth-order valence-corrected chi connectivity index (χ4v) is 1.31. The van der Waals surface area contributed by atoms with Crippen LogP contribution in [-0.2, 0) is 0 Å². The van der Waals surface area contributed by atoms with Crippen molar-refractivity contribution >= 4 is 23.4 Å². The number of halogens is 1. The van der Waals surface area contributed by atoms with Crippen LogP contribution in [0.3, 0.4) is 0 Å². The molecule has 0 unspecified atom stereocenters. The van der Waals surface area contributed by atoms with Gasteiger partial charge in [-0.05, 0) is 19.1 Å². The molecule has 0 saturated carbocycles. The van der Waals surface area contributed by atoms with Gasteiger partial charge in [0.15, 0.2) is 0 Å². The van der Waals surface area contributed by atoms with E-state index in [4.69, 9.17) is 11.6 Å². The molecule has 0 bridgehead atoms. The van der Waals surface area contributed by atoms with Crippen LogP contribution in [0.5, 0.6) is 0 Å². The number of rotatable bonds is 2. The van der Waals surface area contributed by atoms with E-state index in [1.54, 1.807) is 31.2 Å². The molecule has 0 aliphatic carbocycles. The molecule has 0 atom stereocenters. The van der Waals surface area contributed by atoms with Crippen LogP contribution in [0.15, 0.2) is 24.3 Å². The van der Waals surface area contributed by atoms with Crippen LogP contribution in [0.2, 0.25) is 5.02 Å². The molecule has 0 fully saturated rings. The van der Waals surface area contributed by atoms with Gasteiger partial charge in [-0.1, -0.05) is 23.7 Å². The van der Waals surface area contributed by atoms with Crippen molar-refractivity contribution < 1.29 is 9.90 Å². The fourth-order valence-electron chi connectivity index (χ4n) is 1.07. The highest BCUT2D eigenvalue weighted by Crippen LogP contribution is 2.24. The molecule has 4 heteroatoms. The minimum absolute atomic E-state index is 0.325. The lowest BCUT2D eigenvalue weighted by Crippen LogP contribution is -2.41. The van der Waals surface area contributed by atoms with E-state index in [-0.39, 0.29) is 0 Å². The molecule has 0 aromatic heterocycles. The molecule has 1 amide bonds. The van der Waals surface area contributed by atoms with Crippen molar-refractivity contribution in [1.82, 2.24) is 0 Å². The quantitative estimate of drug-likeness (QED) is 0.723. The van der Waals surface area contributed by atoms with Gasteiger partial charge in [0.2, 0.25) is 0 Å². The van der Waals surface area contributed by atoms with Crippen LogP contribution < -0.4 is 10.0 Å². The Labute approximate surface area is 81.5 Å². The van der Waals surface area contributed by atoms with Crippen molar-refractivity contribution in [3.8, 4) is 0 Å². The highest BCUT2D eigenvalue weighted by Gasteiger charge is 2.07. The zero-order valence-corrected chi connectivity index (χ0v) is 7.91. The Bertz CT molecular complexity index is 314. The highest BCUT2D eigenvalue weighted by molar-refractivity contribution is 6.33. The molecule has 0 saturated heterocycles. The van der Waals surface area contributed by atoms with Crippen molar-refractivity contribution in [2.75, 3.05) is 11.4 Å². The van der Waals surface area contributed by atoms with Gasteiger partial charge in [0.05, 0.1) is 10.7 Å². The normalized spacial score (nSPS) is 9.69. The zero-order chi connectivity index (χ0) is 9.84. The van der Waals surface area contributed by atoms with Gasteiger partial charge < -0.3 is 14.8 Å². The summed E-state index contributed by atoms with van der Waals surface area (Å²) in [5, 5.41) is 11.1. The largest absolute Gasteiger partial charge is 0.530 e. The number of amides is 1. The van der Waals surface area contributed by atoms with Crippen molar-refractivity contribution in [3.63, 3.8) is 0 Å². The van der Waals surface area contributed by atoms with Crippen LogP contribution in [-0.4, -0.2) is 12.6 Å². The summed E-state index contributed by atoms with van der Waals surface area (Å²) in [4.78, 5) is 11.7. The van der Waals surface area contributed by atoms with E-state index in [9.17, 15) is 9.90 Å². The first kappa shape index (κ1) is 9.86. The van der Waals surface area contributed by atoms with Gasteiger partial charge in [-0.25, -0.2) is 0 Å². The number of benzene rings is 1. The van der Waals surface area contributed by atoms with Crippen LogP contribution in [0.1, 0.15) is 6.92 Å². The second-order valence-corrected chi connectivity index (χ2v) is 2.87. The van der Waals surface area contributed by atoms with E-state index in [0.717, 1.165) is 4.90 Å². The topological polar surface area (TPSA) is 43.4 Å². The van der Waals surface area contributed by atoms with E-state index in [1.807, 2.05) is 0 Å². The number of carbonyl (C=O) groups is 1. The Morgan fingerprint density at radius 1 is 1.54 bits per heavy atom. The maximum absolute atomic E-state index is 10.6. The predicted molar refractivity (Wildman–Crippen MR) is 49.9 cm³/mol. The molecule has 0 heterocycles. The fraction of sp³-hybridized carbons (Fsp3) is 0.222. The highest BCUT2D eigenvalue weighted by atomic mass is 35.5. The molecule has 0 spiro atoms. The Morgan fingerprint density at radius 2 is 2.15 bits per heavy atom. The molecule has 1 aromatic carbocycles. The lowest BCUT2D eigenvalue weighted by molar-refractivity contribution is -0.246. The monoisotopic (exact) mass is 198 g/mol. The van der Waals surface area contributed by atoms with E-state index >= 15 is 0 Å². The van der Waals surface area contributed by atoms with Gasteiger partial charge in [-0.2, -0.15) is 0 Å². The summed E-state index contributed by atoms with van der Waals surface area (Å²) in [5.74, 6) is 0. The van der Waals surface area contributed by atoms with Crippen molar-refractivity contribution in [2.24, 2.45) is 0 Å². The third kappa shape index (κ3) is 2.12. The van der Waals surface area contributed by atoms with Gasteiger partial charge >= 0.3 is 0 Å².